The van der Waals surface area contributed by atoms with E-state index in [9.17, 15) is 9.59 Å². The summed E-state index contributed by atoms with van der Waals surface area (Å²) >= 11 is 0. The summed E-state index contributed by atoms with van der Waals surface area (Å²) in [5.41, 5.74) is 2.60. The van der Waals surface area contributed by atoms with Crippen molar-refractivity contribution >= 4 is 28.3 Å². The maximum absolute atomic E-state index is 12.4. The number of carbonyl (C=O) groups is 2. The summed E-state index contributed by atoms with van der Waals surface area (Å²) in [5, 5.41) is 9.54. The molecule has 29 heavy (non-hydrogen) atoms. The Kier molecular flexibility index (Phi) is 5.07. The average molecular weight is 385 g/mol. The summed E-state index contributed by atoms with van der Waals surface area (Å²) in [6, 6.07) is 20.7. The van der Waals surface area contributed by atoms with Gasteiger partial charge in [-0.25, -0.2) is 4.79 Å². The van der Waals surface area contributed by atoms with Crippen molar-refractivity contribution in [1.82, 2.24) is 9.78 Å². The maximum Gasteiger partial charge on any atom is 0.337 e. The SMILES string of the molecule is COC(=O)c1ccc(C(=O)Nc2cnn(Cc3cccc4ccccc34)c2)cc1. The number of fused-ring (bicyclic) bond motifs is 1. The Balaban J connectivity index is 1.46. The molecule has 0 unspecified atom stereocenters. The normalized spacial score (nSPS) is 10.7. The molecular formula is C23H19N3O3. The maximum atomic E-state index is 12.4. The Bertz CT molecular complexity index is 1170. The molecule has 0 bridgehead atoms. The van der Waals surface area contributed by atoms with E-state index in [2.05, 4.69) is 39.4 Å². The number of methoxy groups -OCH3 is 1. The molecule has 4 rings (SSSR count). The molecule has 0 aliphatic rings. The molecule has 0 saturated heterocycles. The van der Waals surface area contributed by atoms with Gasteiger partial charge in [-0.1, -0.05) is 42.5 Å². The van der Waals surface area contributed by atoms with Gasteiger partial charge in [0.2, 0.25) is 0 Å². The third kappa shape index (κ3) is 4.01. The fraction of sp³-hybridized carbons (Fsp3) is 0.0870. The number of carbonyl (C=O) groups excluding carboxylic acids is 2. The molecule has 1 heterocycles. The van der Waals surface area contributed by atoms with Crippen LogP contribution in [0.15, 0.2) is 79.1 Å². The minimum Gasteiger partial charge on any atom is -0.465 e. The summed E-state index contributed by atoms with van der Waals surface area (Å²) in [6.45, 7) is 0.602. The molecule has 0 aliphatic carbocycles. The Morgan fingerprint density at radius 3 is 2.48 bits per heavy atom. The number of nitrogens with one attached hydrogen (secondary N) is 1. The van der Waals surface area contributed by atoms with E-state index in [1.807, 2.05) is 18.2 Å². The molecular weight excluding hydrogens is 366 g/mol. The van der Waals surface area contributed by atoms with E-state index in [1.54, 1.807) is 41.3 Å². The minimum absolute atomic E-state index is 0.272. The number of hydrogen-bond donors (Lipinski definition) is 1. The van der Waals surface area contributed by atoms with Gasteiger partial charge in [0.1, 0.15) is 0 Å². The van der Waals surface area contributed by atoms with Gasteiger partial charge >= 0.3 is 5.97 Å². The largest absolute Gasteiger partial charge is 0.465 e. The zero-order valence-corrected chi connectivity index (χ0v) is 15.8. The molecule has 1 amide bonds. The fourth-order valence-electron chi connectivity index (χ4n) is 3.20. The van der Waals surface area contributed by atoms with Crippen molar-refractivity contribution in [3.05, 3.63) is 95.8 Å². The van der Waals surface area contributed by atoms with Gasteiger partial charge in [0, 0.05) is 11.8 Å². The van der Waals surface area contributed by atoms with Gasteiger partial charge in [0.15, 0.2) is 0 Å². The quantitative estimate of drug-likeness (QED) is 0.525. The molecule has 0 spiro atoms. The Morgan fingerprint density at radius 2 is 1.69 bits per heavy atom. The molecule has 1 aromatic heterocycles. The third-order valence-electron chi connectivity index (χ3n) is 4.67. The molecule has 4 aromatic rings. The van der Waals surface area contributed by atoms with E-state index in [-0.39, 0.29) is 5.91 Å². The highest BCUT2D eigenvalue weighted by atomic mass is 16.5. The highest BCUT2D eigenvalue weighted by Gasteiger charge is 2.11. The second-order valence-corrected chi connectivity index (χ2v) is 6.59. The summed E-state index contributed by atoms with van der Waals surface area (Å²) in [7, 11) is 1.32. The van der Waals surface area contributed by atoms with Crippen LogP contribution in [0.3, 0.4) is 0 Å². The lowest BCUT2D eigenvalue weighted by Gasteiger charge is -2.07. The van der Waals surface area contributed by atoms with Crippen LogP contribution >= 0.6 is 0 Å². The van der Waals surface area contributed by atoms with Crippen molar-refractivity contribution in [3.8, 4) is 0 Å². The predicted molar refractivity (Wildman–Crippen MR) is 111 cm³/mol. The molecule has 3 aromatic carbocycles. The number of anilines is 1. The van der Waals surface area contributed by atoms with Crippen LogP contribution in [0, 0.1) is 0 Å². The smallest absolute Gasteiger partial charge is 0.337 e. The number of hydrogen-bond acceptors (Lipinski definition) is 4. The zero-order valence-electron chi connectivity index (χ0n) is 15.8. The van der Waals surface area contributed by atoms with Gasteiger partial charge in [0.25, 0.3) is 5.91 Å². The van der Waals surface area contributed by atoms with Gasteiger partial charge in [-0.15, -0.1) is 0 Å². The van der Waals surface area contributed by atoms with Crippen LogP contribution in [-0.4, -0.2) is 28.8 Å². The van der Waals surface area contributed by atoms with Crippen LogP contribution in [0.2, 0.25) is 0 Å². The van der Waals surface area contributed by atoms with E-state index < -0.39 is 5.97 Å². The van der Waals surface area contributed by atoms with Crippen molar-refractivity contribution in [2.24, 2.45) is 0 Å². The average Bonchev–Trinajstić information content (AvgIpc) is 3.20. The summed E-state index contributed by atoms with van der Waals surface area (Å²) in [6.07, 6.45) is 3.41. The predicted octanol–water partition coefficient (Wildman–Crippen LogP) is 4.12. The topological polar surface area (TPSA) is 73.2 Å². The van der Waals surface area contributed by atoms with Crippen LogP contribution in [0.25, 0.3) is 10.8 Å². The van der Waals surface area contributed by atoms with Crippen molar-refractivity contribution < 1.29 is 14.3 Å². The lowest BCUT2D eigenvalue weighted by molar-refractivity contribution is 0.0600. The molecule has 0 atom stereocenters. The summed E-state index contributed by atoms with van der Waals surface area (Å²) < 4.78 is 6.45. The van der Waals surface area contributed by atoms with Gasteiger partial charge in [0.05, 0.1) is 31.1 Å². The van der Waals surface area contributed by atoms with Crippen LogP contribution in [-0.2, 0) is 11.3 Å². The van der Waals surface area contributed by atoms with Gasteiger partial charge in [-0.3, -0.25) is 9.48 Å². The molecule has 0 radical (unpaired) electrons. The Labute approximate surface area is 167 Å². The highest BCUT2D eigenvalue weighted by Crippen LogP contribution is 2.20. The van der Waals surface area contributed by atoms with E-state index in [4.69, 9.17) is 0 Å². The van der Waals surface area contributed by atoms with Crippen molar-refractivity contribution in [3.63, 3.8) is 0 Å². The van der Waals surface area contributed by atoms with E-state index >= 15 is 0 Å². The first-order chi connectivity index (χ1) is 14.1. The second-order valence-electron chi connectivity index (χ2n) is 6.59. The first-order valence-electron chi connectivity index (χ1n) is 9.13. The van der Waals surface area contributed by atoms with Gasteiger partial charge in [-0.2, -0.15) is 5.10 Å². The lowest BCUT2D eigenvalue weighted by atomic mass is 10.0. The van der Waals surface area contributed by atoms with E-state index in [1.165, 1.54) is 17.9 Å². The highest BCUT2D eigenvalue weighted by molar-refractivity contribution is 6.04. The standard InChI is InChI=1S/C23H19N3O3/c1-29-23(28)18-11-9-17(10-12-18)22(27)25-20-13-24-26(15-20)14-19-7-4-6-16-5-2-3-8-21(16)19/h2-13,15H,14H2,1H3,(H,25,27). The molecule has 1 N–H and O–H groups in total. The van der Waals surface area contributed by atoms with Crippen LogP contribution in [0.4, 0.5) is 5.69 Å². The summed E-state index contributed by atoms with van der Waals surface area (Å²) in [4.78, 5) is 23.9. The van der Waals surface area contributed by atoms with E-state index in [0.717, 1.165) is 5.56 Å². The van der Waals surface area contributed by atoms with Crippen molar-refractivity contribution in [2.75, 3.05) is 12.4 Å². The number of ether oxygens (including phenoxy) is 1. The molecule has 0 fully saturated rings. The number of amides is 1. The van der Waals surface area contributed by atoms with Crippen molar-refractivity contribution in [1.29, 1.82) is 0 Å². The number of rotatable bonds is 5. The number of benzene rings is 3. The number of aromatic nitrogens is 2. The second kappa shape index (κ2) is 7.98. The lowest BCUT2D eigenvalue weighted by Crippen LogP contribution is -2.12. The molecule has 6 heteroatoms. The fourth-order valence-corrected chi connectivity index (χ4v) is 3.20. The van der Waals surface area contributed by atoms with Crippen LogP contribution < -0.4 is 5.32 Å². The first-order valence-corrected chi connectivity index (χ1v) is 9.13. The van der Waals surface area contributed by atoms with Gasteiger partial charge in [-0.05, 0) is 40.6 Å². The molecule has 0 saturated carbocycles. The van der Waals surface area contributed by atoms with Crippen molar-refractivity contribution in [2.45, 2.75) is 6.54 Å². The van der Waals surface area contributed by atoms with Crippen LogP contribution in [0.1, 0.15) is 26.3 Å². The number of esters is 1. The Morgan fingerprint density at radius 1 is 0.966 bits per heavy atom. The molecule has 6 nitrogen and oxygen atoms in total. The zero-order chi connectivity index (χ0) is 20.2. The molecule has 144 valence electrons. The monoisotopic (exact) mass is 385 g/mol. The first kappa shape index (κ1) is 18.4. The number of nitrogens with zero attached hydrogens (tertiary/aromatic N) is 2. The summed E-state index contributed by atoms with van der Waals surface area (Å²) in [5.74, 6) is -0.710. The van der Waals surface area contributed by atoms with Crippen LogP contribution in [0.5, 0.6) is 0 Å². The third-order valence-corrected chi connectivity index (χ3v) is 4.67. The molecule has 0 aliphatic heterocycles. The van der Waals surface area contributed by atoms with Gasteiger partial charge < -0.3 is 10.1 Å². The minimum atomic E-state index is -0.438. The Hall–Kier alpha value is -3.93. The van der Waals surface area contributed by atoms with E-state index in [0.29, 0.717) is 23.4 Å².